The van der Waals surface area contributed by atoms with E-state index in [4.69, 9.17) is 0 Å². The highest BCUT2D eigenvalue weighted by Crippen LogP contribution is 2.36. The van der Waals surface area contributed by atoms with E-state index in [-0.39, 0.29) is 12.5 Å². The van der Waals surface area contributed by atoms with Gasteiger partial charge in [0.15, 0.2) is 5.82 Å². The molecular weight excluding hydrogens is 344 g/mol. The Kier molecular flexibility index (Phi) is 3.63. The summed E-state index contributed by atoms with van der Waals surface area (Å²) in [5, 5.41) is 23.0. The quantitative estimate of drug-likeness (QED) is 0.584. The largest absolute Gasteiger partial charge is 0.324 e. The molecule has 0 atom stereocenters. The second kappa shape index (κ2) is 6.27. The van der Waals surface area contributed by atoms with Crippen LogP contribution >= 0.6 is 0 Å². The molecule has 2 aromatic carbocycles. The predicted octanol–water partition coefficient (Wildman–Crippen LogP) is 2.06. The van der Waals surface area contributed by atoms with E-state index in [0.29, 0.717) is 11.7 Å². The maximum Gasteiger partial charge on any atom is 0.246 e. The lowest BCUT2D eigenvalue weighted by atomic mass is 10.2. The molecule has 2 heterocycles. The van der Waals surface area contributed by atoms with Crippen molar-refractivity contribution in [3.63, 3.8) is 0 Å². The third-order valence-corrected chi connectivity index (χ3v) is 4.50. The number of tetrazole rings is 1. The summed E-state index contributed by atoms with van der Waals surface area (Å²) in [6.45, 7) is 0.0879. The van der Waals surface area contributed by atoms with Gasteiger partial charge in [0.2, 0.25) is 5.91 Å². The Morgan fingerprint density at radius 1 is 1.07 bits per heavy atom. The SMILES string of the molecule is O=C(Cn1nnc2ccccc21)Nc1cccc(-c2nnnn2C2CC2)c1. The van der Waals surface area contributed by atoms with Gasteiger partial charge in [-0.05, 0) is 47.5 Å². The van der Waals surface area contributed by atoms with Crippen LogP contribution in [0.2, 0.25) is 0 Å². The third kappa shape index (κ3) is 3.03. The Hall–Kier alpha value is -3.62. The number of fused-ring (bicyclic) bond motifs is 1. The van der Waals surface area contributed by atoms with Gasteiger partial charge in [-0.25, -0.2) is 9.36 Å². The van der Waals surface area contributed by atoms with Gasteiger partial charge in [-0.15, -0.1) is 10.2 Å². The normalized spacial score (nSPS) is 13.8. The van der Waals surface area contributed by atoms with Gasteiger partial charge in [-0.1, -0.05) is 29.5 Å². The second-order valence-electron chi connectivity index (χ2n) is 6.54. The molecule has 1 aliphatic carbocycles. The van der Waals surface area contributed by atoms with E-state index in [2.05, 4.69) is 31.2 Å². The zero-order valence-corrected chi connectivity index (χ0v) is 14.4. The van der Waals surface area contributed by atoms with Gasteiger partial charge in [0.25, 0.3) is 0 Å². The van der Waals surface area contributed by atoms with Crippen molar-refractivity contribution in [2.24, 2.45) is 0 Å². The van der Waals surface area contributed by atoms with E-state index < -0.39 is 0 Å². The Morgan fingerprint density at radius 3 is 2.85 bits per heavy atom. The molecule has 0 spiro atoms. The first-order valence-electron chi connectivity index (χ1n) is 8.74. The number of amides is 1. The lowest BCUT2D eigenvalue weighted by Gasteiger charge is -2.08. The number of aromatic nitrogens is 7. The van der Waals surface area contributed by atoms with Crippen LogP contribution in [-0.4, -0.2) is 41.1 Å². The number of nitrogens with zero attached hydrogens (tertiary/aromatic N) is 7. The topological polar surface area (TPSA) is 103 Å². The Bertz CT molecular complexity index is 1130. The molecular formula is C18H16N8O. The van der Waals surface area contributed by atoms with Gasteiger partial charge in [-0.2, -0.15) is 0 Å². The van der Waals surface area contributed by atoms with Gasteiger partial charge in [0.05, 0.1) is 11.6 Å². The van der Waals surface area contributed by atoms with E-state index in [1.807, 2.05) is 53.2 Å². The van der Waals surface area contributed by atoms with Crippen molar-refractivity contribution < 1.29 is 4.79 Å². The van der Waals surface area contributed by atoms with Gasteiger partial charge in [0.1, 0.15) is 12.1 Å². The number of benzene rings is 2. The molecule has 0 aliphatic heterocycles. The number of hydrogen-bond acceptors (Lipinski definition) is 6. The molecule has 1 fully saturated rings. The van der Waals surface area contributed by atoms with Crippen molar-refractivity contribution in [3.8, 4) is 11.4 Å². The van der Waals surface area contributed by atoms with Crippen LogP contribution < -0.4 is 5.32 Å². The molecule has 0 unspecified atom stereocenters. The second-order valence-corrected chi connectivity index (χ2v) is 6.54. The van der Waals surface area contributed by atoms with Crippen LogP contribution in [0.1, 0.15) is 18.9 Å². The van der Waals surface area contributed by atoms with Crippen LogP contribution in [0.25, 0.3) is 22.4 Å². The predicted molar refractivity (Wildman–Crippen MR) is 97.7 cm³/mol. The zero-order valence-electron chi connectivity index (χ0n) is 14.4. The summed E-state index contributed by atoms with van der Waals surface area (Å²) in [4.78, 5) is 12.5. The molecule has 2 aromatic heterocycles. The van der Waals surface area contributed by atoms with Crippen molar-refractivity contribution in [1.29, 1.82) is 0 Å². The molecule has 0 saturated heterocycles. The number of hydrogen-bond donors (Lipinski definition) is 1. The van der Waals surface area contributed by atoms with E-state index in [1.54, 1.807) is 4.68 Å². The fraction of sp³-hybridized carbons (Fsp3) is 0.222. The molecule has 27 heavy (non-hydrogen) atoms. The number of nitrogens with one attached hydrogen (secondary N) is 1. The van der Waals surface area contributed by atoms with Crippen molar-refractivity contribution in [3.05, 3.63) is 48.5 Å². The lowest BCUT2D eigenvalue weighted by Crippen LogP contribution is -2.19. The Morgan fingerprint density at radius 2 is 1.96 bits per heavy atom. The third-order valence-electron chi connectivity index (χ3n) is 4.50. The molecule has 134 valence electrons. The summed E-state index contributed by atoms with van der Waals surface area (Å²) in [7, 11) is 0. The monoisotopic (exact) mass is 360 g/mol. The van der Waals surface area contributed by atoms with Gasteiger partial charge >= 0.3 is 0 Å². The number of rotatable bonds is 5. The first-order chi connectivity index (χ1) is 13.3. The standard InChI is InChI=1S/C18H16N8O/c27-17(11-25-16-7-2-1-6-15(16)20-23-25)19-13-5-3-4-12(10-13)18-21-22-24-26(18)14-8-9-14/h1-7,10,14H,8-9,11H2,(H,19,27). The van der Waals surface area contributed by atoms with E-state index in [9.17, 15) is 4.79 Å². The average molecular weight is 360 g/mol. The van der Waals surface area contributed by atoms with Crippen LogP contribution in [0, 0.1) is 0 Å². The summed E-state index contributed by atoms with van der Waals surface area (Å²) < 4.78 is 3.44. The fourth-order valence-corrected chi connectivity index (χ4v) is 3.06. The minimum absolute atomic E-state index is 0.0879. The van der Waals surface area contributed by atoms with Crippen molar-refractivity contribution in [2.45, 2.75) is 25.4 Å². The zero-order chi connectivity index (χ0) is 18.2. The van der Waals surface area contributed by atoms with Crippen LogP contribution in [0.15, 0.2) is 48.5 Å². The molecule has 4 aromatic rings. The molecule has 9 nitrogen and oxygen atoms in total. The minimum Gasteiger partial charge on any atom is -0.324 e. The van der Waals surface area contributed by atoms with Gasteiger partial charge in [0, 0.05) is 11.3 Å². The van der Waals surface area contributed by atoms with Crippen molar-refractivity contribution in [1.82, 2.24) is 35.2 Å². The summed E-state index contributed by atoms with van der Waals surface area (Å²) in [6, 6.07) is 15.5. The summed E-state index contributed by atoms with van der Waals surface area (Å²) in [6.07, 6.45) is 2.20. The fourth-order valence-electron chi connectivity index (χ4n) is 3.06. The number of anilines is 1. The molecule has 1 saturated carbocycles. The smallest absolute Gasteiger partial charge is 0.246 e. The van der Waals surface area contributed by atoms with E-state index in [1.165, 1.54) is 0 Å². The highest BCUT2D eigenvalue weighted by molar-refractivity contribution is 5.92. The van der Waals surface area contributed by atoms with E-state index in [0.717, 1.165) is 35.3 Å². The first-order valence-corrected chi connectivity index (χ1v) is 8.74. The summed E-state index contributed by atoms with van der Waals surface area (Å²) in [5.74, 6) is 0.542. The van der Waals surface area contributed by atoms with Gasteiger partial charge in [-0.3, -0.25) is 4.79 Å². The highest BCUT2D eigenvalue weighted by atomic mass is 16.2. The van der Waals surface area contributed by atoms with Gasteiger partial charge < -0.3 is 5.32 Å². The van der Waals surface area contributed by atoms with Crippen LogP contribution in [-0.2, 0) is 11.3 Å². The van der Waals surface area contributed by atoms with Crippen molar-refractivity contribution in [2.75, 3.05) is 5.32 Å². The van der Waals surface area contributed by atoms with Crippen LogP contribution in [0.5, 0.6) is 0 Å². The molecule has 0 radical (unpaired) electrons. The molecule has 5 rings (SSSR count). The van der Waals surface area contributed by atoms with E-state index >= 15 is 0 Å². The lowest BCUT2D eigenvalue weighted by molar-refractivity contribution is -0.116. The Balaban J connectivity index is 1.35. The molecule has 0 bridgehead atoms. The molecule has 1 aliphatic rings. The number of carbonyl (C=O) groups is 1. The number of para-hydroxylation sites is 1. The highest BCUT2D eigenvalue weighted by Gasteiger charge is 2.28. The Labute approximate surface area is 154 Å². The van der Waals surface area contributed by atoms with Crippen molar-refractivity contribution >= 4 is 22.6 Å². The maximum atomic E-state index is 12.5. The minimum atomic E-state index is -0.176. The molecule has 1 N–H and O–H groups in total. The summed E-state index contributed by atoms with van der Waals surface area (Å²) >= 11 is 0. The average Bonchev–Trinajstić information content (AvgIpc) is 3.27. The number of carbonyl (C=O) groups excluding carboxylic acids is 1. The van der Waals surface area contributed by atoms with Crippen LogP contribution in [0.4, 0.5) is 5.69 Å². The summed E-state index contributed by atoms with van der Waals surface area (Å²) in [5.41, 5.74) is 3.15. The molecule has 1 amide bonds. The van der Waals surface area contributed by atoms with Crippen LogP contribution in [0.3, 0.4) is 0 Å². The molecule has 9 heteroatoms. The maximum absolute atomic E-state index is 12.5. The first kappa shape index (κ1) is 15.6.